The lowest BCUT2D eigenvalue weighted by molar-refractivity contribution is -0.117. The van der Waals surface area contributed by atoms with Crippen molar-refractivity contribution in [1.29, 1.82) is 0 Å². The maximum Gasteiger partial charge on any atom is 0.228 e. The molecule has 2 aromatic heterocycles. The van der Waals surface area contributed by atoms with Gasteiger partial charge >= 0.3 is 0 Å². The Kier molecular flexibility index (Phi) is 3.53. The smallest absolute Gasteiger partial charge is 0.228 e. The molecule has 1 aromatic carbocycles. The summed E-state index contributed by atoms with van der Waals surface area (Å²) in [7, 11) is 0. The maximum atomic E-state index is 12.0. The summed E-state index contributed by atoms with van der Waals surface area (Å²) in [5.41, 5.74) is 11.5. The Morgan fingerprint density at radius 2 is 2.07 bits per heavy atom. The quantitative estimate of drug-likeness (QED) is 0.622. The summed E-state index contributed by atoms with van der Waals surface area (Å²) in [6, 6.07) is 6.37. The Balaban J connectivity index is 1.58. The second-order valence-electron chi connectivity index (χ2n) is 7.58. The Labute approximate surface area is 157 Å². The van der Waals surface area contributed by atoms with E-state index in [0.717, 1.165) is 46.8 Å². The fourth-order valence-corrected chi connectivity index (χ4v) is 3.79. The molecule has 5 rings (SSSR count). The number of aromatic nitrogens is 2. The summed E-state index contributed by atoms with van der Waals surface area (Å²) in [5, 5.41) is 8.21. The van der Waals surface area contributed by atoms with E-state index < -0.39 is 0 Å². The summed E-state index contributed by atoms with van der Waals surface area (Å²) in [4.78, 5) is 20.8. The average molecular weight is 359 g/mol. The lowest BCUT2D eigenvalue weighted by Crippen LogP contribution is -2.14. The third kappa shape index (κ3) is 2.87. The SMILES string of the molecule is C[C@H]1Cc2c(cncc2-c2cc(N)c3cnc(NC(=O)C4CC4)cc3c2)N1. The highest BCUT2D eigenvalue weighted by Gasteiger charge is 2.29. The van der Waals surface area contributed by atoms with Crippen LogP contribution in [-0.4, -0.2) is 21.9 Å². The zero-order chi connectivity index (χ0) is 18.5. The van der Waals surface area contributed by atoms with Crippen LogP contribution in [0.4, 0.5) is 17.2 Å². The van der Waals surface area contributed by atoms with Crippen molar-refractivity contribution in [3.8, 4) is 11.1 Å². The van der Waals surface area contributed by atoms with Gasteiger partial charge in [-0.25, -0.2) is 4.98 Å². The van der Waals surface area contributed by atoms with Crippen molar-refractivity contribution in [1.82, 2.24) is 9.97 Å². The molecule has 3 heterocycles. The fraction of sp³-hybridized carbons (Fsp3) is 0.286. The third-order valence-corrected chi connectivity index (χ3v) is 5.35. The van der Waals surface area contributed by atoms with E-state index in [2.05, 4.69) is 33.6 Å². The molecule has 0 spiro atoms. The van der Waals surface area contributed by atoms with Crippen LogP contribution >= 0.6 is 0 Å². The molecule has 136 valence electrons. The van der Waals surface area contributed by atoms with Crippen LogP contribution in [0.2, 0.25) is 0 Å². The van der Waals surface area contributed by atoms with E-state index in [4.69, 9.17) is 5.73 Å². The first kappa shape index (κ1) is 16.1. The van der Waals surface area contributed by atoms with Gasteiger partial charge < -0.3 is 16.4 Å². The number of nitrogen functional groups attached to an aromatic ring is 1. The molecule has 1 amide bonds. The van der Waals surface area contributed by atoms with Gasteiger partial charge in [0.25, 0.3) is 0 Å². The van der Waals surface area contributed by atoms with Crippen molar-refractivity contribution in [2.24, 2.45) is 5.92 Å². The second kappa shape index (κ2) is 5.94. The van der Waals surface area contributed by atoms with Crippen LogP contribution in [0.3, 0.4) is 0 Å². The highest BCUT2D eigenvalue weighted by atomic mass is 16.2. The minimum Gasteiger partial charge on any atom is -0.398 e. The number of carbonyl (C=O) groups is 1. The number of nitrogens with zero attached hydrogens (tertiary/aromatic N) is 2. The van der Waals surface area contributed by atoms with Gasteiger partial charge in [-0.05, 0) is 60.9 Å². The number of hydrogen-bond acceptors (Lipinski definition) is 5. The van der Waals surface area contributed by atoms with E-state index in [-0.39, 0.29) is 11.8 Å². The molecule has 1 saturated carbocycles. The zero-order valence-corrected chi connectivity index (χ0v) is 15.1. The molecule has 2 aliphatic rings. The van der Waals surface area contributed by atoms with Crippen LogP contribution in [0, 0.1) is 5.92 Å². The van der Waals surface area contributed by atoms with Gasteiger partial charge in [0.1, 0.15) is 5.82 Å². The van der Waals surface area contributed by atoms with Crippen LogP contribution in [0.25, 0.3) is 21.9 Å². The van der Waals surface area contributed by atoms with Crippen molar-refractivity contribution in [3.05, 3.63) is 42.4 Å². The number of hydrogen-bond donors (Lipinski definition) is 3. The number of pyridine rings is 2. The number of amides is 1. The zero-order valence-electron chi connectivity index (χ0n) is 15.1. The van der Waals surface area contributed by atoms with Crippen molar-refractivity contribution in [2.75, 3.05) is 16.4 Å². The Bertz CT molecular complexity index is 1070. The molecule has 3 aromatic rings. The van der Waals surface area contributed by atoms with E-state index in [0.29, 0.717) is 17.5 Å². The van der Waals surface area contributed by atoms with Gasteiger partial charge in [-0.1, -0.05) is 0 Å². The van der Waals surface area contributed by atoms with E-state index in [1.165, 1.54) is 5.56 Å². The average Bonchev–Trinajstić information content (AvgIpc) is 3.42. The minimum absolute atomic E-state index is 0.0520. The van der Waals surface area contributed by atoms with Crippen LogP contribution < -0.4 is 16.4 Å². The molecular formula is C21H21N5O. The van der Waals surface area contributed by atoms with Gasteiger partial charge in [0.15, 0.2) is 0 Å². The second-order valence-corrected chi connectivity index (χ2v) is 7.58. The number of nitrogens with two attached hydrogens (primary N) is 1. The van der Waals surface area contributed by atoms with Gasteiger partial charge in [-0.15, -0.1) is 0 Å². The molecule has 27 heavy (non-hydrogen) atoms. The van der Waals surface area contributed by atoms with Crippen LogP contribution in [0.5, 0.6) is 0 Å². The Morgan fingerprint density at radius 1 is 1.22 bits per heavy atom. The molecule has 6 heteroatoms. The molecule has 1 aliphatic heterocycles. The molecule has 4 N–H and O–H groups in total. The highest BCUT2D eigenvalue weighted by Crippen LogP contribution is 2.37. The van der Waals surface area contributed by atoms with Crippen molar-refractivity contribution < 1.29 is 4.79 Å². The topological polar surface area (TPSA) is 92.9 Å². The Morgan fingerprint density at radius 3 is 2.89 bits per heavy atom. The first-order valence-corrected chi connectivity index (χ1v) is 9.32. The first-order valence-electron chi connectivity index (χ1n) is 9.32. The lowest BCUT2D eigenvalue weighted by Gasteiger charge is -2.11. The molecule has 1 aliphatic carbocycles. The summed E-state index contributed by atoms with van der Waals surface area (Å²) in [6.07, 6.45) is 8.40. The monoisotopic (exact) mass is 359 g/mol. The minimum atomic E-state index is 0.0520. The number of anilines is 3. The van der Waals surface area contributed by atoms with Gasteiger partial charge in [-0.3, -0.25) is 9.78 Å². The summed E-state index contributed by atoms with van der Waals surface area (Å²) < 4.78 is 0. The molecule has 1 fully saturated rings. The van der Waals surface area contributed by atoms with Crippen molar-refractivity contribution in [2.45, 2.75) is 32.2 Å². The molecule has 1 atom stereocenters. The Hall–Kier alpha value is -3.15. The van der Waals surface area contributed by atoms with E-state index >= 15 is 0 Å². The number of rotatable bonds is 3. The normalized spacial score (nSPS) is 18.2. The van der Waals surface area contributed by atoms with E-state index in [1.54, 1.807) is 6.20 Å². The number of benzene rings is 1. The van der Waals surface area contributed by atoms with E-state index in [1.807, 2.05) is 24.5 Å². The maximum absolute atomic E-state index is 12.0. The van der Waals surface area contributed by atoms with Gasteiger partial charge in [0.05, 0.1) is 11.9 Å². The fourth-order valence-electron chi connectivity index (χ4n) is 3.79. The number of carbonyl (C=O) groups excluding carboxylic acids is 1. The van der Waals surface area contributed by atoms with E-state index in [9.17, 15) is 4.79 Å². The number of fused-ring (bicyclic) bond motifs is 2. The van der Waals surface area contributed by atoms with Crippen LogP contribution in [-0.2, 0) is 11.2 Å². The predicted molar refractivity (Wildman–Crippen MR) is 108 cm³/mol. The standard InChI is InChI=1S/C21H21N5O/c1-11-4-15-16(8-23-10-19(15)25-11)13-5-14-7-20(26-21(27)12-2-3-12)24-9-17(14)18(22)6-13/h5-12,25H,2-4,22H2,1H3,(H,24,26,27)/t11-/m0/s1. The van der Waals surface area contributed by atoms with Crippen LogP contribution in [0.15, 0.2) is 36.8 Å². The van der Waals surface area contributed by atoms with Crippen LogP contribution in [0.1, 0.15) is 25.3 Å². The third-order valence-electron chi connectivity index (χ3n) is 5.35. The van der Waals surface area contributed by atoms with Crippen molar-refractivity contribution >= 4 is 33.9 Å². The number of nitrogens with one attached hydrogen (secondary N) is 2. The first-order chi connectivity index (χ1) is 13.1. The van der Waals surface area contributed by atoms with Gasteiger partial charge in [0.2, 0.25) is 5.91 Å². The lowest BCUT2D eigenvalue weighted by atomic mass is 9.96. The summed E-state index contributed by atoms with van der Waals surface area (Å²) in [5.74, 6) is 0.769. The molecule has 0 unspecified atom stereocenters. The summed E-state index contributed by atoms with van der Waals surface area (Å²) >= 11 is 0. The van der Waals surface area contributed by atoms with Gasteiger partial charge in [0, 0.05) is 41.0 Å². The van der Waals surface area contributed by atoms with Gasteiger partial charge in [-0.2, -0.15) is 0 Å². The van der Waals surface area contributed by atoms with Crippen molar-refractivity contribution in [3.63, 3.8) is 0 Å². The predicted octanol–water partition coefficient (Wildman–Crippen LogP) is 3.58. The highest BCUT2D eigenvalue weighted by molar-refractivity contribution is 6.00. The molecule has 0 radical (unpaired) electrons. The molecule has 6 nitrogen and oxygen atoms in total. The molecule has 0 bridgehead atoms. The molecule has 0 saturated heterocycles. The largest absolute Gasteiger partial charge is 0.398 e. The summed E-state index contributed by atoms with van der Waals surface area (Å²) in [6.45, 7) is 2.17. The molecular weight excluding hydrogens is 338 g/mol.